The van der Waals surface area contributed by atoms with E-state index in [1.807, 2.05) is 0 Å². The molecular formula is C9H12N2O2. The van der Waals surface area contributed by atoms with Gasteiger partial charge in [-0.1, -0.05) is 6.07 Å². The smallest absolute Gasteiger partial charge is 0.293 e. The highest BCUT2D eigenvalue weighted by Gasteiger charge is 2.08. The van der Waals surface area contributed by atoms with E-state index in [9.17, 15) is 4.79 Å². The van der Waals surface area contributed by atoms with Gasteiger partial charge in [-0.3, -0.25) is 4.79 Å². The lowest BCUT2D eigenvalue weighted by atomic mass is 10.1. The topological polar surface area (TPSA) is 78.3 Å². The largest absolute Gasteiger partial charge is 0.460 e. The van der Waals surface area contributed by atoms with Gasteiger partial charge in [0.25, 0.3) is 6.47 Å². The lowest BCUT2D eigenvalue weighted by Gasteiger charge is -2.12. The maximum Gasteiger partial charge on any atom is 0.293 e. The number of hydrogen-bond acceptors (Lipinski definition) is 4. The van der Waals surface area contributed by atoms with Gasteiger partial charge in [0.1, 0.15) is 6.10 Å². The Morgan fingerprint density at radius 3 is 2.69 bits per heavy atom. The van der Waals surface area contributed by atoms with Crippen molar-refractivity contribution in [2.24, 2.45) is 0 Å². The van der Waals surface area contributed by atoms with Crippen LogP contribution in [0.15, 0.2) is 18.2 Å². The highest BCUT2D eigenvalue weighted by atomic mass is 16.5. The van der Waals surface area contributed by atoms with Crippen molar-refractivity contribution < 1.29 is 9.53 Å². The summed E-state index contributed by atoms with van der Waals surface area (Å²) in [6.45, 7) is 2.15. The molecule has 1 atom stereocenters. The van der Waals surface area contributed by atoms with Crippen molar-refractivity contribution in [2.45, 2.75) is 13.0 Å². The van der Waals surface area contributed by atoms with Crippen LogP contribution in [0.5, 0.6) is 0 Å². The molecule has 0 fully saturated rings. The van der Waals surface area contributed by atoms with Crippen LogP contribution in [0.2, 0.25) is 0 Å². The molecule has 70 valence electrons. The van der Waals surface area contributed by atoms with E-state index in [1.54, 1.807) is 25.1 Å². The van der Waals surface area contributed by atoms with Crippen LogP contribution < -0.4 is 11.5 Å². The number of anilines is 2. The molecular weight excluding hydrogens is 168 g/mol. The summed E-state index contributed by atoms with van der Waals surface area (Å²) < 4.78 is 4.75. The van der Waals surface area contributed by atoms with Crippen molar-refractivity contribution >= 4 is 17.8 Å². The van der Waals surface area contributed by atoms with Crippen LogP contribution in [-0.2, 0) is 9.53 Å². The van der Waals surface area contributed by atoms with Gasteiger partial charge in [-0.2, -0.15) is 0 Å². The first-order valence-corrected chi connectivity index (χ1v) is 3.89. The van der Waals surface area contributed by atoms with Gasteiger partial charge in [0.2, 0.25) is 0 Å². The minimum Gasteiger partial charge on any atom is -0.460 e. The van der Waals surface area contributed by atoms with Crippen LogP contribution >= 0.6 is 0 Å². The zero-order valence-corrected chi connectivity index (χ0v) is 7.36. The van der Waals surface area contributed by atoms with E-state index in [1.165, 1.54) is 0 Å². The van der Waals surface area contributed by atoms with Crippen LogP contribution in [0.4, 0.5) is 11.4 Å². The maximum atomic E-state index is 10.1. The van der Waals surface area contributed by atoms with Crippen molar-refractivity contribution in [1.82, 2.24) is 0 Å². The average molecular weight is 180 g/mol. The molecule has 0 aliphatic carbocycles. The van der Waals surface area contributed by atoms with Crippen molar-refractivity contribution in [1.29, 1.82) is 0 Å². The molecule has 0 bridgehead atoms. The number of rotatable bonds is 3. The van der Waals surface area contributed by atoms with Crippen molar-refractivity contribution in [2.75, 3.05) is 11.5 Å². The quantitative estimate of drug-likeness (QED) is 0.539. The zero-order valence-electron chi connectivity index (χ0n) is 7.36. The lowest BCUT2D eigenvalue weighted by molar-refractivity contribution is -0.133. The van der Waals surface area contributed by atoms with Crippen LogP contribution in [-0.4, -0.2) is 6.47 Å². The molecule has 0 aliphatic rings. The summed E-state index contributed by atoms with van der Waals surface area (Å²) in [5.41, 5.74) is 13.1. The van der Waals surface area contributed by atoms with Gasteiger partial charge >= 0.3 is 0 Å². The van der Waals surface area contributed by atoms with E-state index >= 15 is 0 Å². The van der Waals surface area contributed by atoms with Crippen LogP contribution in [0.3, 0.4) is 0 Å². The van der Waals surface area contributed by atoms with E-state index in [0.717, 1.165) is 5.56 Å². The predicted molar refractivity (Wildman–Crippen MR) is 50.8 cm³/mol. The Morgan fingerprint density at radius 1 is 1.46 bits per heavy atom. The van der Waals surface area contributed by atoms with Crippen molar-refractivity contribution in [3.8, 4) is 0 Å². The summed E-state index contributed by atoms with van der Waals surface area (Å²) in [7, 11) is 0. The normalized spacial score (nSPS) is 12.1. The van der Waals surface area contributed by atoms with Crippen molar-refractivity contribution in [3.05, 3.63) is 23.8 Å². The van der Waals surface area contributed by atoms with Gasteiger partial charge in [-0.15, -0.1) is 0 Å². The third-order valence-corrected chi connectivity index (χ3v) is 1.81. The highest BCUT2D eigenvalue weighted by Crippen LogP contribution is 2.24. The Bertz CT molecular complexity index is 312. The lowest BCUT2D eigenvalue weighted by Crippen LogP contribution is -2.03. The molecule has 1 unspecified atom stereocenters. The van der Waals surface area contributed by atoms with E-state index in [4.69, 9.17) is 16.2 Å². The van der Waals surface area contributed by atoms with Crippen LogP contribution in [0.1, 0.15) is 18.6 Å². The SMILES string of the molecule is CC(OC=O)c1ccc(N)cc1N. The summed E-state index contributed by atoms with van der Waals surface area (Å²) in [5.74, 6) is 0. The van der Waals surface area contributed by atoms with Crippen molar-refractivity contribution in [3.63, 3.8) is 0 Å². The standard InChI is InChI=1S/C9H12N2O2/c1-6(13-5-12)8-3-2-7(10)4-9(8)11/h2-6H,10-11H2,1H3. The molecule has 0 aliphatic heterocycles. The number of carbonyl (C=O) groups excluding carboxylic acids is 1. The molecule has 0 aromatic heterocycles. The molecule has 0 amide bonds. The molecule has 0 radical (unpaired) electrons. The van der Waals surface area contributed by atoms with Crippen LogP contribution in [0, 0.1) is 0 Å². The monoisotopic (exact) mass is 180 g/mol. The highest BCUT2D eigenvalue weighted by molar-refractivity contribution is 5.57. The summed E-state index contributed by atoms with van der Waals surface area (Å²) >= 11 is 0. The Labute approximate surface area is 76.5 Å². The maximum absolute atomic E-state index is 10.1. The Balaban J connectivity index is 2.94. The fourth-order valence-corrected chi connectivity index (χ4v) is 1.12. The molecule has 4 nitrogen and oxygen atoms in total. The molecule has 13 heavy (non-hydrogen) atoms. The first-order chi connectivity index (χ1) is 6.15. The average Bonchev–Trinajstić information content (AvgIpc) is 2.04. The number of ether oxygens (including phenoxy) is 1. The molecule has 1 aromatic rings. The third kappa shape index (κ3) is 2.11. The Kier molecular flexibility index (Phi) is 2.74. The fourth-order valence-electron chi connectivity index (χ4n) is 1.12. The second-order valence-corrected chi connectivity index (χ2v) is 2.76. The molecule has 4 heteroatoms. The zero-order chi connectivity index (χ0) is 9.84. The number of hydrogen-bond donors (Lipinski definition) is 2. The van der Waals surface area contributed by atoms with Gasteiger partial charge in [0.05, 0.1) is 0 Å². The summed E-state index contributed by atoms with van der Waals surface area (Å²) in [4.78, 5) is 10.1. The first-order valence-electron chi connectivity index (χ1n) is 3.89. The van der Waals surface area contributed by atoms with E-state index in [0.29, 0.717) is 17.8 Å². The molecule has 0 saturated heterocycles. The van der Waals surface area contributed by atoms with Gasteiger partial charge in [-0.25, -0.2) is 0 Å². The first kappa shape index (κ1) is 9.38. The minimum atomic E-state index is -0.335. The van der Waals surface area contributed by atoms with Gasteiger partial charge in [0.15, 0.2) is 0 Å². The molecule has 4 N–H and O–H groups in total. The van der Waals surface area contributed by atoms with Crippen LogP contribution in [0.25, 0.3) is 0 Å². The Hall–Kier alpha value is -1.71. The third-order valence-electron chi connectivity index (χ3n) is 1.81. The minimum absolute atomic E-state index is 0.335. The second kappa shape index (κ2) is 3.80. The Morgan fingerprint density at radius 2 is 2.15 bits per heavy atom. The number of carbonyl (C=O) groups is 1. The number of benzene rings is 1. The van der Waals surface area contributed by atoms with Gasteiger partial charge in [-0.05, 0) is 19.1 Å². The molecule has 0 saturated carbocycles. The molecule has 1 rings (SSSR count). The van der Waals surface area contributed by atoms with Gasteiger partial charge in [0, 0.05) is 16.9 Å². The van der Waals surface area contributed by atoms with Gasteiger partial charge < -0.3 is 16.2 Å². The molecule has 0 heterocycles. The number of nitrogen functional groups attached to an aromatic ring is 2. The second-order valence-electron chi connectivity index (χ2n) is 2.76. The number of nitrogens with two attached hydrogens (primary N) is 2. The van der Waals surface area contributed by atoms with E-state index in [-0.39, 0.29) is 6.10 Å². The molecule has 1 aromatic carbocycles. The summed E-state index contributed by atoms with van der Waals surface area (Å²) in [6.07, 6.45) is -0.335. The fraction of sp³-hybridized carbons (Fsp3) is 0.222. The predicted octanol–water partition coefficient (Wildman–Crippen LogP) is 1.08. The molecule has 0 spiro atoms. The summed E-state index contributed by atoms with van der Waals surface area (Å²) in [6, 6.07) is 5.11. The van der Waals surface area contributed by atoms with E-state index in [2.05, 4.69) is 0 Å². The van der Waals surface area contributed by atoms with E-state index < -0.39 is 0 Å². The summed E-state index contributed by atoms with van der Waals surface area (Å²) in [5, 5.41) is 0.